The minimum absolute atomic E-state index is 0.187. The number of fused-ring (bicyclic) bond motifs is 2. The van der Waals surface area contributed by atoms with Crippen LogP contribution in [0.4, 0.5) is 0 Å². The summed E-state index contributed by atoms with van der Waals surface area (Å²) >= 11 is 0. The van der Waals surface area contributed by atoms with E-state index in [1.54, 1.807) is 0 Å². The van der Waals surface area contributed by atoms with E-state index in [1.165, 1.54) is 30.4 Å². The first kappa shape index (κ1) is 12.9. The quantitative estimate of drug-likeness (QED) is 0.638. The molecule has 0 aliphatic carbocycles. The standard InChI is InChI=1S/C18H21N2O/c19-20(12-6-1-7-13-20)18-14-8-2-4-10-16(14)21-17-11-5-3-9-15(17)18/h2-5,8-11,18H,1,6-7,12-13,19H2/q+1. The molecule has 2 N–H and O–H groups in total. The summed E-state index contributed by atoms with van der Waals surface area (Å²) in [6.45, 7) is 2.07. The molecule has 0 saturated carbocycles. The normalized spacial score (nSPS) is 20.2. The van der Waals surface area contributed by atoms with Crippen molar-refractivity contribution in [1.29, 1.82) is 0 Å². The van der Waals surface area contributed by atoms with E-state index in [-0.39, 0.29) is 6.04 Å². The Labute approximate surface area is 125 Å². The van der Waals surface area contributed by atoms with Crippen molar-refractivity contribution in [3.8, 4) is 11.5 Å². The minimum atomic E-state index is 0.187. The molecule has 2 aliphatic heterocycles. The van der Waals surface area contributed by atoms with Gasteiger partial charge >= 0.3 is 0 Å². The van der Waals surface area contributed by atoms with Crippen LogP contribution in [0.1, 0.15) is 36.4 Å². The highest BCUT2D eigenvalue weighted by atomic mass is 16.5. The Kier molecular flexibility index (Phi) is 2.98. The van der Waals surface area contributed by atoms with E-state index in [2.05, 4.69) is 24.3 Å². The molecule has 0 spiro atoms. The zero-order valence-corrected chi connectivity index (χ0v) is 12.2. The highest BCUT2D eigenvalue weighted by molar-refractivity contribution is 5.51. The lowest BCUT2D eigenvalue weighted by Crippen LogP contribution is -2.59. The summed E-state index contributed by atoms with van der Waals surface area (Å²) in [5.74, 6) is 8.75. The second-order valence-corrected chi connectivity index (χ2v) is 6.19. The average Bonchev–Trinajstić information content (AvgIpc) is 2.53. The topological polar surface area (TPSA) is 35.2 Å². The summed E-state index contributed by atoms with van der Waals surface area (Å²) in [4.78, 5) is 0. The number of quaternary nitrogens is 1. The summed E-state index contributed by atoms with van der Waals surface area (Å²) in [5.41, 5.74) is 2.45. The molecule has 1 saturated heterocycles. The van der Waals surface area contributed by atoms with Crippen molar-refractivity contribution < 1.29 is 9.33 Å². The SMILES string of the molecule is N[N+]1(C2c3ccccc3Oc3ccccc32)CCCCC1. The van der Waals surface area contributed by atoms with E-state index in [9.17, 15) is 0 Å². The summed E-state index contributed by atoms with van der Waals surface area (Å²) in [5, 5.41) is 0. The maximum Gasteiger partial charge on any atom is 0.165 e. The molecule has 0 bridgehead atoms. The van der Waals surface area contributed by atoms with Gasteiger partial charge in [-0.3, -0.25) is 0 Å². The largest absolute Gasteiger partial charge is 0.456 e. The fraction of sp³-hybridized carbons (Fsp3) is 0.333. The van der Waals surface area contributed by atoms with Crippen molar-refractivity contribution >= 4 is 0 Å². The van der Waals surface area contributed by atoms with Gasteiger partial charge in [-0.15, -0.1) is 0 Å². The van der Waals surface area contributed by atoms with Gasteiger partial charge in [-0.1, -0.05) is 24.3 Å². The van der Waals surface area contributed by atoms with E-state index >= 15 is 0 Å². The van der Waals surface area contributed by atoms with Gasteiger partial charge in [0.1, 0.15) is 11.5 Å². The fourth-order valence-corrected chi connectivity index (χ4v) is 3.80. The number of piperidine rings is 1. The van der Waals surface area contributed by atoms with Crippen molar-refractivity contribution in [2.24, 2.45) is 5.84 Å². The Balaban J connectivity index is 1.89. The molecule has 0 amide bonds. The number of likely N-dealkylation sites (tertiary alicyclic amines) is 1. The average molecular weight is 281 g/mol. The van der Waals surface area contributed by atoms with Crippen molar-refractivity contribution in [3.63, 3.8) is 0 Å². The number of hydrogen-bond acceptors (Lipinski definition) is 2. The van der Waals surface area contributed by atoms with Crippen LogP contribution in [-0.2, 0) is 0 Å². The minimum Gasteiger partial charge on any atom is -0.456 e. The second-order valence-electron chi connectivity index (χ2n) is 6.19. The maximum absolute atomic E-state index is 6.85. The van der Waals surface area contributed by atoms with Gasteiger partial charge in [0.15, 0.2) is 6.04 Å². The molecule has 2 aliphatic rings. The molecular formula is C18H21N2O+. The Morgan fingerprint density at radius 1 is 0.810 bits per heavy atom. The molecule has 108 valence electrons. The molecule has 0 radical (unpaired) electrons. The summed E-state index contributed by atoms with van der Waals surface area (Å²) in [6.07, 6.45) is 3.71. The van der Waals surface area contributed by atoms with Crippen LogP contribution in [0.3, 0.4) is 0 Å². The second kappa shape index (κ2) is 4.86. The lowest BCUT2D eigenvalue weighted by Gasteiger charge is -2.44. The van der Waals surface area contributed by atoms with Gasteiger partial charge in [-0.05, 0) is 43.5 Å². The van der Waals surface area contributed by atoms with Gasteiger partial charge in [0.05, 0.1) is 24.2 Å². The van der Waals surface area contributed by atoms with Gasteiger partial charge < -0.3 is 4.74 Å². The molecule has 3 nitrogen and oxygen atoms in total. The molecule has 0 aromatic heterocycles. The van der Waals surface area contributed by atoms with Crippen LogP contribution in [0.25, 0.3) is 0 Å². The first-order valence-corrected chi connectivity index (χ1v) is 7.79. The maximum atomic E-state index is 6.85. The number of nitrogens with two attached hydrogens (primary N) is 1. The Hall–Kier alpha value is -1.84. The monoisotopic (exact) mass is 281 g/mol. The van der Waals surface area contributed by atoms with Crippen molar-refractivity contribution in [2.45, 2.75) is 25.3 Å². The number of hydrogen-bond donors (Lipinski definition) is 1. The number of ether oxygens (including phenoxy) is 1. The Morgan fingerprint density at radius 3 is 1.90 bits per heavy atom. The van der Waals surface area contributed by atoms with Crippen LogP contribution in [0, 0.1) is 0 Å². The third-order valence-electron chi connectivity index (χ3n) is 4.81. The van der Waals surface area contributed by atoms with E-state index in [0.717, 1.165) is 24.6 Å². The lowest BCUT2D eigenvalue weighted by molar-refractivity contribution is -0.967. The van der Waals surface area contributed by atoms with Crippen molar-refractivity contribution in [1.82, 2.24) is 0 Å². The number of benzene rings is 2. The van der Waals surface area contributed by atoms with Crippen LogP contribution in [0.15, 0.2) is 48.5 Å². The van der Waals surface area contributed by atoms with Crippen molar-refractivity contribution in [2.75, 3.05) is 13.1 Å². The van der Waals surface area contributed by atoms with Crippen LogP contribution in [0.2, 0.25) is 0 Å². The molecule has 3 heteroatoms. The Bertz CT molecular complexity index is 616. The molecule has 0 atom stereocenters. The highest BCUT2D eigenvalue weighted by Gasteiger charge is 2.43. The van der Waals surface area contributed by atoms with Gasteiger partial charge in [0.2, 0.25) is 0 Å². The molecule has 2 heterocycles. The molecular weight excluding hydrogens is 260 g/mol. The molecule has 21 heavy (non-hydrogen) atoms. The number of para-hydroxylation sites is 2. The zero-order chi connectivity index (χ0) is 14.3. The third kappa shape index (κ3) is 2.04. The highest BCUT2D eigenvalue weighted by Crippen LogP contribution is 2.47. The van der Waals surface area contributed by atoms with Gasteiger partial charge in [0.25, 0.3) is 0 Å². The van der Waals surface area contributed by atoms with Crippen LogP contribution in [-0.4, -0.2) is 17.7 Å². The molecule has 0 unspecified atom stereocenters. The van der Waals surface area contributed by atoms with Crippen molar-refractivity contribution in [3.05, 3.63) is 59.7 Å². The van der Waals surface area contributed by atoms with E-state index < -0.39 is 0 Å². The number of nitrogens with zero attached hydrogens (tertiary/aromatic N) is 1. The van der Waals surface area contributed by atoms with Gasteiger partial charge in [-0.2, -0.15) is 5.84 Å². The zero-order valence-electron chi connectivity index (χ0n) is 12.2. The summed E-state index contributed by atoms with van der Waals surface area (Å²) in [6, 6.07) is 16.8. The first-order chi connectivity index (χ1) is 10.3. The third-order valence-corrected chi connectivity index (χ3v) is 4.81. The Morgan fingerprint density at radius 2 is 1.33 bits per heavy atom. The van der Waals surface area contributed by atoms with E-state index in [4.69, 9.17) is 10.6 Å². The van der Waals surface area contributed by atoms with Crippen LogP contribution in [0.5, 0.6) is 11.5 Å². The first-order valence-electron chi connectivity index (χ1n) is 7.79. The summed E-state index contributed by atoms with van der Waals surface area (Å²) in [7, 11) is 0. The fourth-order valence-electron chi connectivity index (χ4n) is 3.80. The number of rotatable bonds is 1. The van der Waals surface area contributed by atoms with E-state index in [1.807, 2.05) is 24.3 Å². The lowest BCUT2D eigenvalue weighted by atomic mass is 9.91. The summed E-state index contributed by atoms with van der Waals surface area (Å²) < 4.78 is 6.69. The van der Waals surface area contributed by atoms with Crippen LogP contribution >= 0.6 is 0 Å². The van der Waals surface area contributed by atoms with Crippen LogP contribution < -0.4 is 10.6 Å². The molecule has 4 rings (SSSR count). The predicted octanol–water partition coefficient (Wildman–Crippen LogP) is 3.76. The van der Waals surface area contributed by atoms with E-state index in [0.29, 0.717) is 4.59 Å². The predicted molar refractivity (Wildman–Crippen MR) is 82.8 cm³/mol. The van der Waals surface area contributed by atoms with Gasteiger partial charge in [-0.25, -0.2) is 4.59 Å². The molecule has 2 aromatic rings. The molecule has 1 fully saturated rings. The van der Waals surface area contributed by atoms with Gasteiger partial charge in [0, 0.05) is 0 Å². The molecule has 2 aromatic carbocycles. The smallest absolute Gasteiger partial charge is 0.165 e.